The van der Waals surface area contributed by atoms with E-state index in [0.29, 0.717) is 32.3 Å². The van der Waals surface area contributed by atoms with Crippen LogP contribution in [0.1, 0.15) is 58.2 Å². The van der Waals surface area contributed by atoms with Gasteiger partial charge in [-0.15, -0.1) is 22.7 Å². The number of rotatable bonds is 17. The Morgan fingerprint density at radius 2 is 1.13 bits per heavy atom. The van der Waals surface area contributed by atoms with E-state index in [1.807, 2.05) is 88.4 Å². The first-order valence-electron chi connectivity index (χ1n) is 19.1. The monoisotopic (exact) mass is 870 g/mol. The third kappa shape index (κ3) is 13.7. The number of esters is 1. The summed E-state index contributed by atoms with van der Waals surface area (Å²) >= 11 is 2.48. The summed E-state index contributed by atoms with van der Waals surface area (Å²) in [5, 5.41) is 16.4. The lowest BCUT2D eigenvalue weighted by molar-refractivity contribution is -0.147. The molecule has 320 valence electrons. The molecule has 0 aliphatic rings. The van der Waals surface area contributed by atoms with Gasteiger partial charge in [-0.25, -0.2) is 9.59 Å². The first kappa shape index (κ1) is 45.5. The number of pyridine rings is 2. The lowest BCUT2D eigenvalue weighted by atomic mass is 10.2. The first-order valence-corrected chi connectivity index (χ1v) is 20.7. The van der Waals surface area contributed by atoms with Crippen LogP contribution in [-0.2, 0) is 32.3 Å². The van der Waals surface area contributed by atoms with Gasteiger partial charge in [0.1, 0.15) is 36.8 Å². The van der Waals surface area contributed by atoms with Crippen LogP contribution in [0.25, 0.3) is 20.4 Å². The number of fused-ring (bicyclic) bond motifs is 2. The molecule has 16 nitrogen and oxygen atoms in total. The molecular formula is C43H46N6O10S2. The van der Waals surface area contributed by atoms with Crippen LogP contribution in [-0.4, -0.2) is 82.3 Å². The van der Waals surface area contributed by atoms with Crippen molar-refractivity contribution < 1.29 is 48.0 Å². The van der Waals surface area contributed by atoms with Crippen molar-refractivity contribution in [2.45, 2.75) is 65.2 Å². The van der Waals surface area contributed by atoms with E-state index in [4.69, 9.17) is 29.8 Å². The molecule has 2 aromatic carbocycles. The maximum atomic E-state index is 13.0. The van der Waals surface area contributed by atoms with Gasteiger partial charge >= 0.3 is 18.0 Å². The number of amides is 3. The summed E-state index contributed by atoms with van der Waals surface area (Å²) in [6.07, 6.45) is 2.41. The Kier molecular flexibility index (Phi) is 16.5. The molecule has 0 radical (unpaired) electrons. The molecular weight excluding hydrogens is 825 g/mol. The van der Waals surface area contributed by atoms with E-state index in [1.165, 1.54) is 22.7 Å². The fourth-order valence-electron chi connectivity index (χ4n) is 5.34. The number of aliphatic carboxylic acids is 1. The molecule has 61 heavy (non-hydrogen) atoms. The van der Waals surface area contributed by atoms with Crippen LogP contribution in [0.4, 0.5) is 4.79 Å². The number of carbonyl (C=O) groups excluding carboxylic acids is 4. The molecule has 18 heteroatoms. The van der Waals surface area contributed by atoms with Crippen molar-refractivity contribution in [2.24, 2.45) is 5.73 Å². The molecule has 4 heterocycles. The Labute approximate surface area is 359 Å². The number of nitrogens with two attached hydrogens (primary N) is 1. The molecule has 6 aromatic rings. The van der Waals surface area contributed by atoms with Crippen LogP contribution in [0.15, 0.2) is 97.3 Å². The number of thiophene rings is 2. The molecule has 6 N–H and O–H groups in total. The minimum atomic E-state index is -1.17. The Bertz CT molecular complexity index is 2420. The van der Waals surface area contributed by atoms with Gasteiger partial charge in [-0.05, 0) is 63.1 Å². The summed E-state index contributed by atoms with van der Waals surface area (Å²) in [7, 11) is 0. The number of nitrogens with one attached hydrogen (secondary N) is 3. The zero-order valence-electron chi connectivity index (χ0n) is 33.8. The second kappa shape index (κ2) is 22.1. The van der Waals surface area contributed by atoms with E-state index in [1.54, 1.807) is 36.7 Å². The predicted octanol–water partition coefficient (Wildman–Crippen LogP) is 6.08. The quantitative estimate of drug-likeness (QED) is 0.0656. The first-order chi connectivity index (χ1) is 29.3. The van der Waals surface area contributed by atoms with Crippen molar-refractivity contribution in [1.82, 2.24) is 25.9 Å². The molecule has 0 saturated heterocycles. The number of nitrogens with zero attached hydrogens (tertiary/aromatic N) is 2. The molecule has 2 atom stereocenters. The number of carbonyl (C=O) groups is 5. The maximum absolute atomic E-state index is 13.0. The van der Waals surface area contributed by atoms with Gasteiger partial charge in [-0.1, -0.05) is 60.7 Å². The lowest BCUT2D eigenvalue weighted by Gasteiger charge is -2.18. The summed E-state index contributed by atoms with van der Waals surface area (Å²) in [6, 6.07) is 22.8. The number of alkyl carbamates (subject to hydrolysis) is 1. The third-order valence-electron chi connectivity index (χ3n) is 8.20. The highest BCUT2D eigenvalue weighted by Gasteiger charge is 2.25. The number of benzene rings is 2. The zero-order chi connectivity index (χ0) is 43.9. The topological polar surface area (TPSA) is 230 Å². The molecule has 0 fully saturated rings. The van der Waals surface area contributed by atoms with Gasteiger partial charge < -0.3 is 45.7 Å². The number of hydrogen-bond donors (Lipinski definition) is 5. The Morgan fingerprint density at radius 1 is 0.672 bits per heavy atom. The largest absolute Gasteiger partial charge is 0.489 e. The SMILES string of the molecule is CC(C)Oc1ccnc2cc(C(=O)NC[C@@H](N)C(=O)O)sc12.CC(C)Oc1ccnc2cc(C(=O)NC[C@@H](NC(=O)OCc3ccccc3)C(=O)OCc3ccccc3)sc12. The van der Waals surface area contributed by atoms with Gasteiger partial charge in [-0.3, -0.25) is 24.4 Å². The van der Waals surface area contributed by atoms with E-state index in [2.05, 4.69) is 25.9 Å². The summed E-state index contributed by atoms with van der Waals surface area (Å²) in [5.74, 6) is -1.35. The van der Waals surface area contributed by atoms with Crippen molar-refractivity contribution in [3.8, 4) is 11.5 Å². The summed E-state index contributed by atoms with van der Waals surface area (Å²) < 4.78 is 23.7. The molecule has 4 aromatic heterocycles. The number of aromatic nitrogens is 2. The number of hydrogen-bond acceptors (Lipinski definition) is 14. The zero-order valence-corrected chi connectivity index (χ0v) is 35.4. The van der Waals surface area contributed by atoms with E-state index in [9.17, 15) is 24.0 Å². The van der Waals surface area contributed by atoms with Crippen LogP contribution in [0, 0.1) is 0 Å². The van der Waals surface area contributed by atoms with Crippen molar-refractivity contribution in [1.29, 1.82) is 0 Å². The van der Waals surface area contributed by atoms with E-state index >= 15 is 0 Å². The van der Waals surface area contributed by atoms with Crippen molar-refractivity contribution in [3.05, 3.63) is 118 Å². The van der Waals surface area contributed by atoms with Gasteiger partial charge in [0.25, 0.3) is 11.8 Å². The van der Waals surface area contributed by atoms with Crippen LogP contribution in [0.3, 0.4) is 0 Å². The van der Waals surface area contributed by atoms with E-state index < -0.39 is 36.0 Å². The van der Waals surface area contributed by atoms with Gasteiger partial charge in [0.05, 0.1) is 42.4 Å². The van der Waals surface area contributed by atoms with Gasteiger partial charge in [0.2, 0.25) is 0 Å². The number of ether oxygens (including phenoxy) is 4. The fourth-order valence-corrected chi connectivity index (χ4v) is 7.31. The average molecular weight is 871 g/mol. The third-order valence-corrected chi connectivity index (χ3v) is 10.5. The van der Waals surface area contributed by atoms with Crippen LogP contribution in [0.2, 0.25) is 0 Å². The minimum Gasteiger partial charge on any atom is -0.489 e. The predicted molar refractivity (Wildman–Crippen MR) is 231 cm³/mol. The molecule has 0 saturated carbocycles. The summed E-state index contributed by atoms with van der Waals surface area (Å²) in [4.78, 5) is 70.4. The molecule has 0 bridgehead atoms. The van der Waals surface area contributed by atoms with Crippen LogP contribution >= 0.6 is 22.7 Å². The van der Waals surface area contributed by atoms with E-state index in [0.717, 1.165) is 20.5 Å². The normalized spacial score (nSPS) is 11.9. The summed E-state index contributed by atoms with van der Waals surface area (Å²) in [5.41, 5.74) is 8.23. The second-order valence-electron chi connectivity index (χ2n) is 13.8. The minimum absolute atomic E-state index is 0.0125. The van der Waals surface area contributed by atoms with Crippen molar-refractivity contribution in [2.75, 3.05) is 13.1 Å². The second-order valence-corrected chi connectivity index (χ2v) is 15.9. The van der Waals surface area contributed by atoms with Crippen LogP contribution < -0.4 is 31.2 Å². The van der Waals surface area contributed by atoms with Crippen molar-refractivity contribution >= 4 is 73.0 Å². The highest BCUT2D eigenvalue weighted by Crippen LogP contribution is 2.34. The molecule has 0 aliphatic heterocycles. The number of carboxylic acids is 1. The highest BCUT2D eigenvalue weighted by atomic mass is 32.1. The number of carboxylic acid groups (broad SMARTS) is 1. The Balaban J connectivity index is 0.000000271. The highest BCUT2D eigenvalue weighted by molar-refractivity contribution is 7.21. The smallest absolute Gasteiger partial charge is 0.408 e. The van der Waals surface area contributed by atoms with E-state index in [-0.39, 0.29) is 44.4 Å². The van der Waals surface area contributed by atoms with Gasteiger partial charge in [-0.2, -0.15) is 0 Å². The maximum Gasteiger partial charge on any atom is 0.408 e. The van der Waals surface area contributed by atoms with Crippen LogP contribution in [0.5, 0.6) is 11.5 Å². The molecule has 3 amide bonds. The standard InChI is InChI=1S/C29H29N3O6S.C14H17N3O4S/c1-19(2)38-24-13-14-30-22-15-25(39-26(22)24)27(33)31-16-23(28(34)36-17-20-9-5-3-6-10-20)32-29(35)37-18-21-11-7-4-8-12-21;1-7(2)21-10-3-4-16-9-5-11(22-12(9)10)13(18)17-6-8(15)14(19)20/h3-15,19,23H,16-18H2,1-2H3,(H,31,33)(H,32,35);3-5,7-8H,6,15H2,1-2H3,(H,17,18)(H,19,20)/t23-;8-/m11/s1. The Morgan fingerprint density at radius 3 is 1.59 bits per heavy atom. The van der Waals surface area contributed by atoms with Crippen molar-refractivity contribution in [3.63, 3.8) is 0 Å². The van der Waals surface area contributed by atoms with Gasteiger partial charge in [0.15, 0.2) is 0 Å². The fraction of sp³-hybridized carbons (Fsp3) is 0.279. The average Bonchev–Trinajstić information content (AvgIpc) is 3.90. The lowest BCUT2D eigenvalue weighted by Crippen LogP contribution is -2.49. The van der Waals surface area contributed by atoms with Gasteiger partial charge in [0, 0.05) is 25.5 Å². The molecule has 0 spiro atoms. The molecule has 6 rings (SSSR count). The summed E-state index contributed by atoms with van der Waals surface area (Å²) in [6.45, 7) is 7.38. The molecule has 0 aliphatic carbocycles. The molecule has 0 unspecified atom stereocenters. The Hall–Kier alpha value is -6.63.